The molecule has 1 aromatic rings. The fourth-order valence-corrected chi connectivity index (χ4v) is 2.65. The van der Waals surface area contributed by atoms with Crippen molar-refractivity contribution in [2.24, 2.45) is 10.7 Å². The van der Waals surface area contributed by atoms with Gasteiger partial charge in [-0.2, -0.15) is 0 Å². The molecule has 1 aliphatic carbocycles. The van der Waals surface area contributed by atoms with Gasteiger partial charge in [0.2, 0.25) is 5.91 Å². The molecule has 1 amide bonds. The zero-order valence-corrected chi connectivity index (χ0v) is 13.5. The lowest BCUT2D eigenvalue weighted by molar-refractivity contribution is -0.121. The van der Waals surface area contributed by atoms with E-state index < -0.39 is 0 Å². The Labute approximate surface area is 132 Å². The van der Waals surface area contributed by atoms with E-state index in [2.05, 4.69) is 29.5 Å². The zero-order valence-electron chi connectivity index (χ0n) is 13.5. The number of benzene rings is 1. The van der Waals surface area contributed by atoms with Gasteiger partial charge in [-0.15, -0.1) is 0 Å². The van der Waals surface area contributed by atoms with Gasteiger partial charge in [0.05, 0.1) is 6.54 Å². The first kappa shape index (κ1) is 16.3. The van der Waals surface area contributed by atoms with E-state index in [1.54, 1.807) is 0 Å². The van der Waals surface area contributed by atoms with Crippen molar-refractivity contribution < 1.29 is 4.79 Å². The third kappa shape index (κ3) is 5.06. The Bertz CT molecular complexity index is 548. The number of nitrogens with zero attached hydrogens (tertiary/aromatic N) is 1. The van der Waals surface area contributed by atoms with Crippen molar-refractivity contribution in [3.05, 3.63) is 29.3 Å². The van der Waals surface area contributed by atoms with E-state index in [1.165, 1.54) is 24.0 Å². The first-order chi connectivity index (χ1) is 10.5. The molecule has 5 nitrogen and oxygen atoms in total. The van der Waals surface area contributed by atoms with Crippen LogP contribution in [-0.4, -0.2) is 24.5 Å². The minimum Gasteiger partial charge on any atom is -0.370 e. The standard InChI is InChI=1S/C17H26N4O/c1-12-7-8-15(11-13(12)2)21-17(18)19-10-9-16(22)20-14-5-3-4-6-14/h7-8,11,14H,3-6,9-10H2,1-2H3,(H,20,22)(H3,18,19,21). The molecule has 1 fully saturated rings. The minimum atomic E-state index is 0.0645. The fraction of sp³-hybridized carbons (Fsp3) is 0.529. The van der Waals surface area contributed by atoms with Gasteiger partial charge in [0.1, 0.15) is 0 Å². The van der Waals surface area contributed by atoms with E-state index in [0.29, 0.717) is 25.0 Å². The predicted octanol–water partition coefficient (Wildman–Crippen LogP) is 2.48. The number of carbonyl (C=O) groups excluding carboxylic acids is 1. The number of hydrogen-bond acceptors (Lipinski definition) is 2. The van der Waals surface area contributed by atoms with Crippen LogP contribution in [0.5, 0.6) is 0 Å². The average Bonchev–Trinajstić information content (AvgIpc) is 2.95. The van der Waals surface area contributed by atoms with Crippen LogP contribution in [0.2, 0.25) is 0 Å². The summed E-state index contributed by atoms with van der Waals surface area (Å²) in [4.78, 5) is 16.0. The molecule has 4 N–H and O–H groups in total. The average molecular weight is 302 g/mol. The SMILES string of the molecule is Cc1ccc(NC(N)=NCCC(=O)NC2CCCC2)cc1C. The van der Waals surface area contributed by atoms with Crippen molar-refractivity contribution in [3.63, 3.8) is 0 Å². The second-order valence-electron chi connectivity index (χ2n) is 5.99. The maximum Gasteiger partial charge on any atom is 0.222 e. The monoisotopic (exact) mass is 302 g/mol. The van der Waals surface area contributed by atoms with Crippen LogP contribution in [0.1, 0.15) is 43.2 Å². The van der Waals surface area contributed by atoms with Crippen molar-refractivity contribution in [3.8, 4) is 0 Å². The fourth-order valence-electron chi connectivity index (χ4n) is 2.65. The molecule has 0 atom stereocenters. The molecule has 0 saturated heterocycles. The van der Waals surface area contributed by atoms with Crippen molar-refractivity contribution in [2.45, 2.75) is 52.0 Å². The Morgan fingerprint density at radius 1 is 1.27 bits per heavy atom. The Kier molecular flexibility index (Phi) is 5.81. The van der Waals surface area contributed by atoms with Crippen LogP contribution in [0.4, 0.5) is 5.69 Å². The quantitative estimate of drug-likeness (QED) is 0.577. The first-order valence-corrected chi connectivity index (χ1v) is 7.98. The zero-order chi connectivity index (χ0) is 15.9. The third-order valence-corrected chi connectivity index (χ3v) is 4.12. The molecule has 1 saturated carbocycles. The van der Waals surface area contributed by atoms with Gasteiger partial charge in [0.25, 0.3) is 0 Å². The molecule has 0 bridgehead atoms. The summed E-state index contributed by atoms with van der Waals surface area (Å²) in [6, 6.07) is 6.41. The van der Waals surface area contributed by atoms with E-state index in [0.717, 1.165) is 18.5 Å². The van der Waals surface area contributed by atoms with Crippen molar-refractivity contribution in [1.29, 1.82) is 0 Å². The van der Waals surface area contributed by atoms with Gasteiger partial charge < -0.3 is 16.4 Å². The number of nitrogens with one attached hydrogen (secondary N) is 2. The van der Waals surface area contributed by atoms with Crippen molar-refractivity contribution in [2.75, 3.05) is 11.9 Å². The lowest BCUT2D eigenvalue weighted by Gasteiger charge is -2.11. The Hall–Kier alpha value is -2.04. The molecule has 22 heavy (non-hydrogen) atoms. The highest BCUT2D eigenvalue weighted by Crippen LogP contribution is 2.17. The van der Waals surface area contributed by atoms with E-state index >= 15 is 0 Å². The van der Waals surface area contributed by atoms with Gasteiger partial charge in [-0.1, -0.05) is 18.9 Å². The molecule has 1 aromatic carbocycles. The van der Waals surface area contributed by atoms with Crippen LogP contribution in [-0.2, 0) is 4.79 Å². The summed E-state index contributed by atoms with van der Waals surface area (Å²) in [6.45, 7) is 4.53. The number of anilines is 1. The lowest BCUT2D eigenvalue weighted by Crippen LogP contribution is -2.33. The van der Waals surface area contributed by atoms with Crippen LogP contribution < -0.4 is 16.4 Å². The summed E-state index contributed by atoms with van der Waals surface area (Å²) < 4.78 is 0. The van der Waals surface area contributed by atoms with Crippen molar-refractivity contribution >= 4 is 17.6 Å². The van der Waals surface area contributed by atoms with Gasteiger partial charge >= 0.3 is 0 Å². The highest BCUT2D eigenvalue weighted by molar-refractivity contribution is 5.92. The Morgan fingerprint density at radius 3 is 2.68 bits per heavy atom. The molecule has 0 aliphatic heterocycles. The summed E-state index contributed by atoms with van der Waals surface area (Å²) in [7, 11) is 0. The van der Waals surface area contributed by atoms with Gasteiger partial charge in [-0.25, -0.2) is 0 Å². The summed E-state index contributed by atoms with van der Waals surface area (Å²) in [6.07, 6.45) is 5.02. The third-order valence-electron chi connectivity index (χ3n) is 4.12. The summed E-state index contributed by atoms with van der Waals surface area (Å²) in [5.74, 6) is 0.409. The molecule has 0 aromatic heterocycles. The smallest absolute Gasteiger partial charge is 0.222 e. The van der Waals surface area contributed by atoms with E-state index in [4.69, 9.17) is 5.73 Å². The number of rotatable bonds is 5. The van der Waals surface area contributed by atoms with Gasteiger partial charge in [0, 0.05) is 18.2 Å². The first-order valence-electron chi connectivity index (χ1n) is 7.98. The highest BCUT2D eigenvalue weighted by Gasteiger charge is 2.16. The maximum atomic E-state index is 11.8. The van der Waals surface area contributed by atoms with E-state index in [1.807, 2.05) is 18.2 Å². The second-order valence-corrected chi connectivity index (χ2v) is 5.99. The highest BCUT2D eigenvalue weighted by atomic mass is 16.1. The Morgan fingerprint density at radius 2 is 2.00 bits per heavy atom. The summed E-state index contributed by atoms with van der Waals surface area (Å²) >= 11 is 0. The number of aryl methyl sites for hydroxylation is 2. The van der Waals surface area contributed by atoms with Crippen molar-refractivity contribution in [1.82, 2.24) is 5.32 Å². The number of aliphatic imine (C=N–C) groups is 1. The lowest BCUT2D eigenvalue weighted by atomic mass is 10.1. The molecule has 1 aliphatic rings. The molecule has 0 unspecified atom stereocenters. The Balaban J connectivity index is 1.74. The van der Waals surface area contributed by atoms with Gasteiger partial charge in [0.15, 0.2) is 5.96 Å². The van der Waals surface area contributed by atoms with Crippen LogP contribution in [0.3, 0.4) is 0 Å². The minimum absolute atomic E-state index is 0.0645. The van der Waals surface area contributed by atoms with E-state index in [9.17, 15) is 4.79 Å². The molecule has 5 heteroatoms. The number of carbonyl (C=O) groups is 1. The van der Waals surface area contributed by atoms with Gasteiger partial charge in [-0.05, 0) is 49.9 Å². The number of hydrogen-bond donors (Lipinski definition) is 3. The molecular formula is C17H26N4O. The van der Waals surface area contributed by atoms with Crippen LogP contribution in [0, 0.1) is 13.8 Å². The number of amides is 1. The summed E-state index contributed by atoms with van der Waals surface area (Å²) in [5.41, 5.74) is 9.21. The number of nitrogens with two attached hydrogens (primary N) is 1. The molecule has 0 radical (unpaired) electrons. The second kappa shape index (κ2) is 7.82. The molecular weight excluding hydrogens is 276 g/mol. The molecule has 0 heterocycles. The molecule has 2 rings (SSSR count). The van der Waals surface area contributed by atoms with Crippen LogP contribution in [0.25, 0.3) is 0 Å². The topological polar surface area (TPSA) is 79.5 Å². The maximum absolute atomic E-state index is 11.8. The molecule has 120 valence electrons. The molecule has 0 spiro atoms. The largest absolute Gasteiger partial charge is 0.370 e. The number of guanidine groups is 1. The van der Waals surface area contributed by atoms with Crippen LogP contribution in [0.15, 0.2) is 23.2 Å². The summed E-state index contributed by atoms with van der Waals surface area (Å²) in [5, 5.41) is 6.10. The van der Waals surface area contributed by atoms with Gasteiger partial charge in [-0.3, -0.25) is 9.79 Å². The van der Waals surface area contributed by atoms with Crippen LogP contribution >= 0.6 is 0 Å². The normalized spacial score (nSPS) is 15.8. The predicted molar refractivity (Wildman–Crippen MR) is 91.0 cm³/mol. The van der Waals surface area contributed by atoms with E-state index in [-0.39, 0.29) is 5.91 Å².